The van der Waals surface area contributed by atoms with E-state index in [1.165, 1.54) is 0 Å². The van der Waals surface area contributed by atoms with E-state index in [-0.39, 0.29) is 0 Å². The average Bonchev–Trinajstić information content (AvgIpc) is 3.55. The molecule has 0 aliphatic heterocycles. The summed E-state index contributed by atoms with van der Waals surface area (Å²) >= 11 is 0. The summed E-state index contributed by atoms with van der Waals surface area (Å²) in [6.07, 6.45) is 1.82. The van der Waals surface area contributed by atoms with Gasteiger partial charge >= 0.3 is 0 Å². The SMILES string of the molecule is c1cnc2c(c1)ccc1ccc(-c3ccc4oc5c6ccccc6c6nc7ccccc7n6c5c4c3)nc12. The summed E-state index contributed by atoms with van der Waals surface area (Å²) in [5.41, 5.74) is 9.45. The molecular formula is C33H18N4O. The van der Waals surface area contributed by atoms with Crippen LogP contribution in [0.2, 0.25) is 0 Å². The van der Waals surface area contributed by atoms with Gasteiger partial charge in [-0.1, -0.05) is 60.7 Å². The van der Waals surface area contributed by atoms with Crippen LogP contribution in [0, 0.1) is 0 Å². The van der Waals surface area contributed by atoms with Gasteiger partial charge in [-0.2, -0.15) is 0 Å². The molecule has 0 spiro atoms. The molecule has 0 aliphatic rings. The molecule has 5 heterocycles. The van der Waals surface area contributed by atoms with Crippen LogP contribution in [-0.4, -0.2) is 19.4 Å². The van der Waals surface area contributed by atoms with Crippen molar-refractivity contribution in [3.8, 4) is 11.3 Å². The van der Waals surface area contributed by atoms with E-state index >= 15 is 0 Å². The van der Waals surface area contributed by atoms with Crippen molar-refractivity contribution in [3.05, 3.63) is 109 Å². The molecule has 0 amide bonds. The Morgan fingerprint density at radius 1 is 0.632 bits per heavy atom. The molecular weight excluding hydrogens is 468 g/mol. The number of furan rings is 1. The first-order chi connectivity index (χ1) is 18.8. The van der Waals surface area contributed by atoms with E-state index in [0.29, 0.717) is 0 Å². The molecule has 0 saturated heterocycles. The summed E-state index contributed by atoms with van der Waals surface area (Å²) in [7, 11) is 0. The summed E-state index contributed by atoms with van der Waals surface area (Å²) in [4.78, 5) is 14.7. The molecule has 0 saturated carbocycles. The van der Waals surface area contributed by atoms with Crippen LogP contribution in [0.25, 0.3) is 82.6 Å². The van der Waals surface area contributed by atoms with Crippen molar-refractivity contribution in [2.45, 2.75) is 0 Å². The first kappa shape index (κ1) is 19.8. The fraction of sp³-hybridized carbons (Fsp3) is 0. The number of hydrogen-bond donors (Lipinski definition) is 0. The van der Waals surface area contributed by atoms with Gasteiger partial charge in [-0.05, 0) is 42.5 Å². The molecule has 4 aromatic carbocycles. The van der Waals surface area contributed by atoms with Gasteiger partial charge in [0.1, 0.15) is 16.7 Å². The van der Waals surface area contributed by atoms with Gasteiger partial charge in [0.05, 0.1) is 27.8 Å². The summed E-state index contributed by atoms with van der Waals surface area (Å²) < 4.78 is 8.78. The van der Waals surface area contributed by atoms with Crippen molar-refractivity contribution < 1.29 is 4.42 Å². The second-order valence-electron chi connectivity index (χ2n) is 9.70. The molecule has 5 heteroatoms. The number of imidazole rings is 1. The van der Waals surface area contributed by atoms with E-state index in [1.807, 2.05) is 18.3 Å². The van der Waals surface area contributed by atoms with Gasteiger partial charge in [0.25, 0.3) is 0 Å². The summed E-state index contributed by atoms with van der Waals surface area (Å²) in [6, 6.07) is 35.4. The highest BCUT2D eigenvalue weighted by molar-refractivity contribution is 6.19. The number of benzene rings is 4. The van der Waals surface area contributed by atoms with Crippen LogP contribution in [0.15, 0.2) is 114 Å². The topological polar surface area (TPSA) is 56.2 Å². The third-order valence-electron chi connectivity index (χ3n) is 7.59. The van der Waals surface area contributed by atoms with Crippen LogP contribution in [0.1, 0.15) is 0 Å². The van der Waals surface area contributed by atoms with Crippen molar-refractivity contribution in [2.75, 3.05) is 0 Å². The lowest BCUT2D eigenvalue weighted by Gasteiger charge is -2.07. The van der Waals surface area contributed by atoms with Crippen molar-refractivity contribution in [3.63, 3.8) is 0 Å². The van der Waals surface area contributed by atoms with Crippen LogP contribution >= 0.6 is 0 Å². The zero-order valence-electron chi connectivity index (χ0n) is 20.1. The number of nitrogens with zero attached hydrogens (tertiary/aromatic N) is 4. The Kier molecular flexibility index (Phi) is 3.73. The molecule has 0 bridgehead atoms. The minimum atomic E-state index is 0.840. The predicted octanol–water partition coefficient (Wildman–Crippen LogP) is 8.30. The maximum absolute atomic E-state index is 6.53. The largest absolute Gasteiger partial charge is 0.454 e. The standard InChI is InChI=1S/C33H18N4O/c1-2-8-23-22(7-1)32-31(37-27-10-4-3-9-26(27)36-33(23)37)24-18-21(14-16-28(24)38-32)25-15-13-20-12-11-19-6-5-17-34-29(19)30(20)35-25/h1-18H. The Morgan fingerprint density at radius 3 is 2.39 bits per heavy atom. The van der Waals surface area contributed by atoms with E-state index in [4.69, 9.17) is 14.4 Å². The number of hydrogen-bond acceptors (Lipinski definition) is 4. The number of para-hydroxylation sites is 2. The van der Waals surface area contributed by atoms with Crippen LogP contribution in [-0.2, 0) is 0 Å². The Hall–Kier alpha value is -5.29. The number of aromatic nitrogens is 4. The average molecular weight is 487 g/mol. The molecule has 176 valence electrons. The van der Waals surface area contributed by atoms with Crippen LogP contribution in [0.5, 0.6) is 0 Å². The van der Waals surface area contributed by atoms with Crippen molar-refractivity contribution in [1.29, 1.82) is 0 Å². The van der Waals surface area contributed by atoms with E-state index in [2.05, 4.69) is 100 Å². The molecule has 5 nitrogen and oxygen atoms in total. The third kappa shape index (κ3) is 2.57. The lowest BCUT2D eigenvalue weighted by atomic mass is 10.0. The molecule has 9 rings (SSSR count). The van der Waals surface area contributed by atoms with E-state index in [1.54, 1.807) is 0 Å². The minimum Gasteiger partial charge on any atom is -0.454 e. The minimum absolute atomic E-state index is 0.840. The van der Waals surface area contributed by atoms with Gasteiger partial charge in [0.15, 0.2) is 5.58 Å². The third-order valence-corrected chi connectivity index (χ3v) is 7.59. The first-order valence-electron chi connectivity index (χ1n) is 12.6. The summed E-state index contributed by atoms with van der Waals surface area (Å²) in [5.74, 6) is 0. The molecule has 0 N–H and O–H groups in total. The van der Waals surface area contributed by atoms with Gasteiger partial charge in [0.2, 0.25) is 0 Å². The highest BCUT2D eigenvalue weighted by Gasteiger charge is 2.19. The molecule has 9 aromatic rings. The van der Waals surface area contributed by atoms with Crippen molar-refractivity contribution in [2.24, 2.45) is 0 Å². The van der Waals surface area contributed by atoms with Crippen molar-refractivity contribution >= 4 is 71.3 Å². The van der Waals surface area contributed by atoms with E-state index in [0.717, 1.165) is 82.6 Å². The smallest absolute Gasteiger partial charge is 0.160 e. The number of rotatable bonds is 1. The molecule has 5 aromatic heterocycles. The van der Waals surface area contributed by atoms with E-state index in [9.17, 15) is 0 Å². The maximum atomic E-state index is 6.53. The molecule has 0 atom stereocenters. The number of pyridine rings is 3. The quantitative estimate of drug-likeness (QED) is 0.219. The molecule has 0 unspecified atom stereocenters. The Balaban J connectivity index is 1.40. The highest BCUT2D eigenvalue weighted by atomic mass is 16.3. The lowest BCUT2D eigenvalue weighted by Crippen LogP contribution is -1.90. The van der Waals surface area contributed by atoms with Gasteiger partial charge < -0.3 is 4.42 Å². The Labute approximate surface area is 215 Å². The first-order valence-corrected chi connectivity index (χ1v) is 12.6. The molecule has 0 radical (unpaired) electrons. The van der Waals surface area contributed by atoms with Gasteiger partial charge in [-0.3, -0.25) is 9.38 Å². The van der Waals surface area contributed by atoms with Gasteiger partial charge in [-0.15, -0.1) is 0 Å². The predicted molar refractivity (Wildman–Crippen MR) is 154 cm³/mol. The van der Waals surface area contributed by atoms with Crippen LogP contribution in [0.3, 0.4) is 0 Å². The van der Waals surface area contributed by atoms with Gasteiger partial charge in [-0.25, -0.2) is 9.97 Å². The molecule has 0 fully saturated rings. The van der Waals surface area contributed by atoms with Crippen molar-refractivity contribution in [1.82, 2.24) is 19.4 Å². The second kappa shape index (κ2) is 7.14. The lowest BCUT2D eigenvalue weighted by molar-refractivity contribution is 0.672. The summed E-state index contributed by atoms with van der Waals surface area (Å²) in [6.45, 7) is 0. The Morgan fingerprint density at radius 2 is 1.45 bits per heavy atom. The normalized spacial score (nSPS) is 12.2. The molecule has 38 heavy (non-hydrogen) atoms. The van der Waals surface area contributed by atoms with Gasteiger partial charge in [0, 0.05) is 38.7 Å². The van der Waals surface area contributed by atoms with Crippen LogP contribution < -0.4 is 0 Å². The Bertz CT molecular complexity index is 2420. The molecule has 0 aliphatic carbocycles. The maximum Gasteiger partial charge on any atom is 0.160 e. The number of fused-ring (bicyclic) bond motifs is 13. The fourth-order valence-electron chi connectivity index (χ4n) is 5.84. The zero-order chi connectivity index (χ0) is 24.8. The zero-order valence-corrected chi connectivity index (χ0v) is 20.1. The van der Waals surface area contributed by atoms with E-state index < -0.39 is 0 Å². The second-order valence-corrected chi connectivity index (χ2v) is 9.70. The summed E-state index contributed by atoms with van der Waals surface area (Å²) in [5, 5.41) is 5.33. The highest BCUT2D eigenvalue weighted by Crippen LogP contribution is 2.39. The monoisotopic (exact) mass is 486 g/mol. The van der Waals surface area contributed by atoms with Crippen LogP contribution in [0.4, 0.5) is 0 Å². The fourth-order valence-corrected chi connectivity index (χ4v) is 5.84.